The Morgan fingerprint density at radius 3 is 2.50 bits per heavy atom. The molecule has 1 atom stereocenters. The maximum absolute atomic E-state index is 6.18. The summed E-state index contributed by atoms with van der Waals surface area (Å²) in [7, 11) is -1.37. The van der Waals surface area contributed by atoms with Crippen LogP contribution in [0.5, 0.6) is 0 Å². The highest BCUT2D eigenvalue weighted by molar-refractivity contribution is 9.12. The normalized spacial score (nSPS) is 25.6. The van der Waals surface area contributed by atoms with E-state index >= 15 is 0 Å². The van der Waals surface area contributed by atoms with Crippen molar-refractivity contribution in [3.63, 3.8) is 0 Å². The lowest BCUT2D eigenvalue weighted by atomic mass is 9.95. The van der Waals surface area contributed by atoms with Crippen LogP contribution in [0.4, 0.5) is 0 Å². The maximum atomic E-state index is 6.18. The first-order chi connectivity index (χ1) is 7.13. The summed E-state index contributed by atoms with van der Waals surface area (Å²) in [6, 6.07) is 0. The Balaban J connectivity index is 3.20. The van der Waals surface area contributed by atoms with Crippen LogP contribution in [0.3, 0.4) is 0 Å². The fraction of sp³-hybridized carbons (Fsp3) is 0.500. The predicted molar refractivity (Wildman–Crippen MR) is 76.6 cm³/mol. The molecule has 1 unspecified atom stereocenters. The molecule has 0 saturated heterocycles. The zero-order valence-corrected chi connectivity index (χ0v) is 13.1. The highest BCUT2D eigenvalue weighted by Crippen LogP contribution is 2.28. The van der Waals surface area contributed by atoms with Gasteiger partial charge in [-0.2, -0.15) is 0 Å². The average Bonchev–Trinajstić information content (AvgIpc) is 2.10. The summed E-state index contributed by atoms with van der Waals surface area (Å²) in [6.07, 6.45) is 1.88. The number of dihydropyridines is 1. The van der Waals surface area contributed by atoms with E-state index in [0.29, 0.717) is 0 Å². The molecule has 3 N–H and O–H groups in total. The predicted octanol–water partition coefficient (Wildman–Crippen LogP) is 2.70. The van der Waals surface area contributed by atoms with Crippen molar-refractivity contribution >= 4 is 24.0 Å². The van der Waals surface area contributed by atoms with Crippen LogP contribution in [0, 0.1) is 11.5 Å². The van der Waals surface area contributed by atoms with Crippen LogP contribution < -0.4 is 11.1 Å². The maximum Gasteiger partial charge on any atom is 0.129 e. The van der Waals surface area contributed by atoms with Crippen LogP contribution in [0.1, 0.15) is 13.8 Å². The molecule has 88 valence electrons. The minimum atomic E-state index is -1.37. The lowest BCUT2D eigenvalue weighted by molar-refractivity contribution is 0.495. The van der Waals surface area contributed by atoms with Crippen molar-refractivity contribution < 1.29 is 0 Å². The van der Waals surface area contributed by atoms with Gasteiger partial charge in [0.1, 0.15) is 13.7 Å². The van der Waals surface area contributed by atoms with Crippen molar-refractivity contribution in [2.24, 2.45) is 5.73 Å². The minimum absolute atomic E-state index is 0.562. The van der Waals surface area contributed by atoms with E-state index in [2.05, 4.69) is 52.4 Å². The zero-order chi connectivity index (χ0) is 12.6. The van der Waals surface area contributed by atoms with Gasteiger partial charge in [0, 0.05) is 16.3 Å². The van der Waals surface area contributed by atoms with Gasteiger partial charge in [0.2, 0.25) is 0 Å². The summed E-state index contributed by atoms with van der Waals surface area (Å²) in [5, 5.41) is 3.15. The summed E-state index contributed by atoms with van der Waals surface area (Å²) in [5.41, 5.74) is 11.1. The summed E-state index contributed by atoms with van der Waals surface area (Å²) in [6.45, 7) is 10.7. The monoisotopic (exact) mass is 298 g/mol. The van der Waals surface area contributed by atoms with Gasteiger partial charge in [-0.25, -0.2) is 0 Å². The second kappa shape index (κ2) is 4.40. The first kappa shape index (κ1) is 13.6. The summed E-state index contributed by atoms with van der Waals surface area (Å²) in [4.78, 5) is 0. The third kappa shape index (κ3) is 3.24. The van der Waals surface area contributed by atoms with Gasteiger partial charge in [0.15, 0.2) is 0 Å². The lowest BCUT2D eigenvalue weighted by Gasteiger charge is -2.31. The van der Waals surface area contributed by atoms with Gasteiger partial charge >= 0.3 is 0 Å². The molecule has 0 amide bonds. The van der Waals surface area contributed by atoms with Crippen LogP contribution in [-0.2, 0) is 0 Å². The van der Waals surface area contributed by atoms with Gasteiger partial charge in [-0.1, -0.05) is 25.6 Å². The lowest BCUT2D eigenvalue weighted by Crippen LogP contribution is -2.51. The molecule has 0 bridgehead atoms. The van der Waals surface area contributed by atoms with Gasteiger partial charge in [-0.3, -0.25) is 0 Å². The standard InChI is InChI=1S/C12H19BrN2Si/c1-9-10(6-7-16(3,4)5)12(2,14)15-8-11(9)13/h8,15H,14H2,1-5H3. The summed E-state index contributed by atoms with van der Waals surface area (Å²) in [5.74, 6) is 3.27. The highest BCUT2D eigenvalue weighted by atomic mass is 79.9. The third-order valence-electron chi connectivity index (χ3n) is 2.31. The van der Waals surface area contributed by atoms with Crippen LogP contribution in [-0.4, -0.2) is 13.7 Å². The Kier molecular flexibility index (Phi) is 3.73. The molecule has 16 heavy (non-hydrogen) atoms. The van der Waals surface area contributed by atoms with E-state index in [4.69, 9.17) is 5.73 Å². The Morgan fingerprint density at radius 2 is 2.00 bits per heavy atom. The first-order valence-electron chi connectivity index (χ1n) is 5.31. The minimum Gasteiger partial charge on any atom is -0.368 e. The van der Waals surface area contributed by atoms with Crippen LogP contribution in [0.15, 0.2) is 21.8 Å². The number of halogens is 1. The van der Waals surface area contributed by atoms with Crippen molar-refractivity contribution in [1.82, 2.24) is 5.32 Å². The molecule has 0 aromatic heterocycles. The Labute approximate surface area is 108 Å². The van der Waals surface area contributed by atoms with Crippen molar-refractivity contribution in [2.45, 2.75) is 39.2 Å². The molecule has 1 aliphatic rings. The second-order valence-corrected chi connectivity index (χ2v) is 10.9. The quantitative estimate of drug-likeness (QED) is 0.533. The van der Waals surface area contributed by atoms with Crippen LogP contribution in [0.25, 0.3) is 0 Å². The molecule has 1 aliphatic heterocycles. The highest BCUT2D eigenvalue weighted by Gasteiger charge is 2.27. The van der Waals surface area contributed by atoms with Crippen molar-refractivity contribution in [3.8, 4) is 11.5 Å². The Morgan fingerprint density at radius 1 is 1.44 bits per heavy atom. The molecule has 0 radical (unpaired) electrons. The number of hydrogen-bond donors (Lipinski definition) is 2. The number of nitrogens with one attached hydrogen (secondary N) is 1. The van der Waals surface area contributed by atoms with Crippen molar-refractivity contribution in [1.29, 1.82) is 0 Å². The van der Waals surface area contributed by atoms with Gasteiger partial charge < -0.3 is 11.1 Å². The van der Waals surface area contributed by atoms with Crippen LogP contribution in [0.2, 0.25) is 19.6 Å². The van der Waals surface area contributed by atoms with E-state index in [1.54, 1.807) is 0 Å². The molecular weight excluding hydrogens is 280 g/mol. The van der Waals surface area contributed by atoms with E-state index in [9.17, 15) is 0 Å². The molecule has 2 nitrogen and oxygen atoms in total. The van der Waals surface area contributed by atoms with E-state index in [1.807, 2.05) is 20.0 Å². The zero-order valence-electron chi connectivity index (χ0n) is 10.5. The fourth-order valence-electron chi connectivity index (χ4n) is 1.38. The molecule has 0 aromatic carbocycles. The molecule has 1 rings (SSSR count). The number of rotatable bonds is 0. The molecule has 0 aromatic rings. The van der Waals surface area contributed by atoms with Crippen molar-refractivity contribution in [3.05, 3.63) is 21.8 Å². The summed E-state index contributed by atoms with van der Waals surface area (Å²) < 4.78 is 1.02. The van der Waals surface area contributed by atoms with Gasteiger partial charge in [-0.15, -0.1) is 5.54 Å². The topological polar surface area (TPSA) is 38.0 Å². The molecule has 0 spiro atoms. The first-order valence-corrected chi connectivity index (χ1v) is 9.60. The number of nitrogens with two attached hydrogens (primary N) is 1. The van der Waals surface area contributed by atoms with Gasteiger partial charge in [-0.05, 0) is 35.4 Å². The number of hydrogen-bond acceptors (Lipinski definition) is 2. The number of allylic oxidation sites excluding steroid dienone is 2. The largest absolute Gasteiger partial charge is 0.368 e. The fourth-order valence-corrected chi connectivity index (χ4v) is 2.19. The SMILES string of the molecule is CC1=C(C#C[Si](C)(C)C)C(C)(N)NC=C1Br. The van der Waals surface area contributed by atoms with Gasteiger partial charge in [0.25, 0.3) is 0 Å². The van der Waals surface area contributed by atoms with E-state index in [0.717, 1.165) is 15.6 Å². The second-order valence-electron chi connectivity index (χ2n) is 5.34. The molecule has 4 heteroatoms. The smallest absolute Gasteiger partial charge is 0.129 e. The molecule has 1 heterocycles. The molecule has 0 fully saturated rings. The molecule has 0 aliphatic carbocycles. The van der Waals surface area contributed by atoms with Crippen LogP contribution >= 0.6 is 15.9 Å². The Hall–Kier alpha value is -0.503. The summed E-state index contributed by atoms with van der Waals surface area (Å²) >= 11 is 3.49. The van der Waals surface area contributed by atoms with Crippen molar-refractivity contribution in [2.75, 3.05) is 0 Å². The third-order valence-corrected chi connectivity index (χ3v) is 4.01. The Bertz CT molecular complexity index is 417. The van der Waals surface area contributed by atoms with Gasteiger partial charge in [0.05, 0.1) is 0 Å². The van der Waals surface area contributed by atoms with E-state index in [-0.39, 0.29) is 0 Å². The molecular formula is C12H19BrN2Si. The molecule has 0 saturated carbocycles. The van der Waals surface area contributed by atoms with E-state index in [1.165, 1.54) is 0 Å². The average molecular weight is 299 g/mol. The van der Waals surface area contributed by atoms with E-state index < -0.39 is 13.7 Å².